The van der Waals surface area contributed by atoms with Gasteiger partial charge in [-0.05, 0) is 25.3 Å². The second kappa shape index (κ2) is 6.91. The molecule has 0 spiro atoms. The normalized spacial score (nSPS) is 21.3. The highest BCUT2D eigenvalue weighted by atomic mass is 16.5. The zero-order valence-corrected chi connectivity index (χ0v) is 15.9. The van der Waals surface area contributed by atoms with Crippen LogP contribution in [0.2, 0.25) is 0 Å². The summed E-state index contributed by atoms with van der Waals surface area (Å²) in [4.78, 5) is 15.2. The molecule has 2 atom stereocenters. The number of aromatic nitrogens is 2. The van der Waals surface area contributed by atoms with Crippen LogP contribution in [0.1, 0.15) is 46.1 Å². The third-order valence-corrected chi connectivity index (χ3v) is 5.73. The average molecular weight is 373 g/mol. The molecule has 0 saturated carbocycles. The number of amides is 1. The van der Waals surface area contributed by atoms with Crippen molar-refractivity contribution in [3.8, 4) is 11.3 Å². The van der Waals surface area contributed by atoms with Gasteiger partial charge in [0.2, 0.25) is 0 Å². The van der Waals surface area contributed by atoms with Gasteiger partial charge in [0.25, 0.3) is 5.91 Å². The first-order chi connectivity index (χ1) is 13.7. The maximum absolute atomic E-state index is 13.3. The molecule has 5 rings (SSSR count). The largest absolute Gasteiger partial charge is 0.376 e. The number of carbonyl (C=O) groups excluding carboxylic acids is 1. The highest BCUT2D eigenvalue weighted by molar-refractivity contribution is 6.00. The van der Waals surface area contributed by atoms with Crippen LogP contribution in [-0.4, -0.2) is 40.3 Å². The Kier molecular flexibility index (Phi) is 4.24. The number of fused-ring (bicyclic) bond motifs is 1. The van der Waals surface area contributed by atoms with Gasteiger partial charge in [0.05, 0.1) is 17.8 Å². The molecule has 3 aromatic rings. The van der Waals surface area contributed by atoms with Crippen molar-refractivity contribution in [3.05, 3.63) is 77.0 Å². The zero-order valence-electron chi connectivity index (χ0n) is 15.9. The molecule has 2 aliphatic rings. The number of rotatable bonds is 4. The Morgan fingerprint density at radius 3 is 2.64 bits per heavy atom. The van der Waals surface area contributed by atoms with E-state index in [9.17, 15) is 4.79 Å². The Hall–Kier alpha value is -2.92. The summed E-state index contributed by atoms with van der Waals surface area (Å²) in [5.41, 5.74) is 5.75. The number of ether oxygens (including phenoxy) is 1. The van der Waals surface area contributed by atoms with Gasteiger partial charge in [0.1, 0.15) is 5.69 Å². The van der Waals surface area contributed by atoms with E-state index in [0.717, 1.165) is 41.8 Å². The average Bonchev–Trinajstić information content (AvgIpc) is 3.43. The second-order valence-corrected chi connectivity index (χ2v) is 7.63. The van der Waals surface area contributed by atoms with Crippen LogP contribution >= 0.6 is 0 Å². The Morgan fingerprint density at radius 2 is 1.93 bits per heavy atom. The second-order valence-electron chi connectivity index (χ2n) is 7.63. The van der Waals surface area contributed by atoms with E-state index in [1.807, 2.05) is 23.1 Å². The van der Waals surface area contributed by atoms with E-state index < -0.39 is 0 Å². The van der Waals surface area contributed by atoms with E-state index in [1.54, 1.807) is 0 Å². The molecule has 1 saturated heterocycles. The number of carbonyl (C=O) groups is 1. The van der Waals surface area contributed by atoms with Gasteiger partial charge in [-0.25, -0.2) is 0 Å². The van der Waals surface area contributed by atoms with E-state index in [1.165, 1.54) is 5.56 Å². The van der Waals surface area contributed by atoms with E-state index in [0.29, 0.717) is 12.2 Å². The number of H-pyrrole nitrogens is 1. The van der Waals surface area contributed by atoms with Crippen molar-refractivity contribution in [2.75, 3.05) is 13.2 Å². The molecule has 1 fully saturated rings. The van der Waals surface area contributed by atoms with Crippen LogP contribution in [-0.2, 0) is 4.74 Å². The Labute approximate surface area is 164 Å². The predicted molar refractivity (Wildman–Crippen MR) is 107 cm³/mol. The first kappa shape index (κ1) is 17.2. The van der Waals surface area contributed by atoms with Crippen molar-refractivity contribution in [3.63, 3.8) is 0 Å². The third-order valence-electron chi connectivity index (χ3n) is 5.73. The van der Waals surface area contributed by atoms with Gasteiger partial charge in [0, 0.05) is 24.3 Å². The summed E-state index contributed by atoms with van der Waals surface area (Å²) in [6.07, 6.45) is 2.17. The van der Waals surface area contributed by atoms with Gasteiger partial charge in [-0.3, -0.25) is 9.89 Å². The van der Waals surface area contributed by atoms with Crippen molar-refractivity contribution in [2.45, 2.75) is 31.9 Å². The maximum Gasteiger partial charge on any atom is 0.273 e. The lowest BCUT2D eigenvalue weighted by Gasteiger charge is -2.28. The van der Waals surface area contributed by atoms with E-state index in [2.05, 4.69) is 53.5 Å². The third kappa shape index (κ3) is 2.83. The number of nitrogens with zero attached hydrogens (tertiary/aromatic N) is 2. The standard InChI is InChI=1S/C23H23N3O2/c1-15-9-11-16(12-10-15)20-19-21(25-24-20)23(27)26(14-18-8-5-13-28-18)22(19)17-6-3-2-4-7-17/h2-4,6-7,9-12,18,22H,5,8,13-14H2,1H3,(H,24,25). The Morgan fingerprint density at radius 1 is 1.14 bits per heavy atom. The minimum Gasteiger partial charge on any atom is -0.376 e. The quantitative estimate of drug-likeness (QED) is 0.749. The number of hydrogen-bond donors (Lipinski definition) is 1. The fourth-order valence-electron chi connectivity index (χ4n) is 4.31. The van der Waals surface area contributed by atoms with Gasteiger partial charge in [-0.15, -0.1) is 0 Å². The van der Waals surface area contributed by atoms with Crippen molar-refractivity contribution in [1.29, 1.82) is 0 Å². The molecule has 5 nitrogen and oxygen atoms in total. The highest BCUT2D eigenvalue weighted by Gasteiger charge is 2.43. The molecule has 2 aromatic carbocycles. The molecule has 28 heavy (non-hydrogen) atoms. The van der Waals surface area contributed by atoms with Crippen LogP contribution in [0.4, 0.5) is 0 Å². The van der Waals surface area contributed by atoms with Crippen LogP contribution in [0.3, 0.4) is 0 Å². The number of nitrogens with one attached hydrogen (secondary N) is 1. The predicted octanol–water partition coefficient (Wildman–Crippen LogP) is 4.11. The van der Waals surface area contributed by atoms with Crippen molar-refractivity contribution in [1.82, 2.24) is 15.1 Å². The number of aryl methyl sites for hydroxylation is 1. The molecule has 2 unspecified atom stereocenters. The lowest BCUT2D eigenvalue weighted by molar-refractivity contribution is 0.0495. The van der Waals surface area contributed by atoms with Crippen LogP contribution in [0.15, 0.2) is 54.6 Å². The maximum atomic E-state index is 13.3. The van der Waals surface area contributed by atoms with Crippen LogP contribution in [0.5, 0.6) is 0 Å². The summed E-state index contributed by atoms with van der Waals surface area (Å²) >= 11 is 0. The summed E-state index contributed by atoms with van der Waals surface area (Å²) in [6.45, 7) is 3.46. The van der Waals surface area contributed by atoms with E-state index >= 15 is 0 Å². The van der Waals surface area contributed by atoms with Gasteiger partial charge in [-0.1, -0.05) is 60.2 Å². The lowest BCUT2D eigenvalue weighted by atomic mass is 9.95. The first-order valence-electron chi connectivity index (χ1n) is 9.85. The summed E-state index contributed by atoms with van der Waals surface area (Å²) < 4.78 is 5.83. The van der Waals surface area contributed by atoms with E-state index in [4.69, 9.17) is 4.74 Å². The molecule has 142 valence electrons. The molecular formula is C23H23N3O2. The number of benzene rings is 2. The van der Waals surface area contributed by atoms with Gasteiger partial charge in [-0.2, -0.15) is 5.10 Å². The van der Waals surface area contributed by atoms with Crippen molar-refractivity contribution < 1.29 is 9.53 Å². The van der Waals surface area contributed by atoms with Crippen LogP contribution in [0.25, 0.3) is 11.3 Å². The molecular weight excluding hydrogens is 350 g/mol. The molecule has 0 bridgehead atoms. The fourth-order valence-corrected chi connectivity index (χ4v) is 4.31. The molecule has 3 heterocycles. The molecule has 2 aliphatic heterocycles. The molecule has 1 N–H and O–H groups in total. The first-order valence-corrected chi connectivity index (χ1v) is 9.85. The molecule has 1 aromatic heterocycles. The summed E-state index contributed by atoms with van der Waals surface area (Å²) in [5, 5.41) is 7.55. The number of aromatic amines is 1. The summed E-state index contributed by atoms with van der Waals surface area (Å²) in [6, 6.07) is 18.4. The number of hydrogen-bond acceptors (Lipinski definition) is 3. The zero-order chi connectivity index (χ0) is 19.1. The smallest absolute Gasteiger partial charge is 0.273 e. The van der Waals surface area contributed by atoms with E-state index in [-0.39, 0.29) is 18.1 Å². The van der Waals surface area contributed by atoms with Crippen LogP contribution in [0, 0.1) is 6.92 Å². The van der Waals surface area contributed by atoms with Crippen molar-refractivity contribution >= 4 is 5.91 Å². The monoisotopic (exact) mass is 373 g/mol. The van der Waals surface area contributed by atoms with Crippen molar-refractivity contribution in [2.24, 2.45) is 0 Å². The Bertz CT molecular complexity index is 988. The van der Waals surface area contributed by atoms with Gasteiger partial charge >= 0.3 is 0 Å². The molecule has 0 radical (unpaired) electrons. The molecule has 1 amide bonds. The topological polar surface area (TPSA) is 58.2 Å². The summed E-state index contributed by atoms with van der Waals surface area (Å²) in [7, 11) is 0. The fraction of sp³-hybridized carbons (Fsp3) is 0.304. The lowest BCUT2D eigenvalue weighted by Crippen LogP contribution is -2.36. The SMILES string of the molecule is Cc1ccc(-c2n[nH]c3c2C(c2ccccc2)N(CC2CCCO2)C3=O)cc1. The molecule has 5 heteroatoms. The molecule has 0 aliphatic carbocycles. The van der Waals surface area contributed by atoms with Crippen LogP contribution < -0.4 is 0 Å². The highest BCUT2D eigenvalue weighted by Crippen LogP contribution is 2.43. The Balaban J connectivity index is 1.61. The minimum absolute atomic E-state index is 0.00483. The minimum atomic E-state index is -0.150. The van der Waals surface area contributed by atoms with Gasteiger partial charge < -0.3 is 9.64 Å². The van der Waals surface area contributed by atoms with Gasteiger partial charge in [0.15, 0.2) is 0 Å². The summed E-state index contributed by atoms with van der Waals surface area (Å²) in [5.74, 6) is 0.00483.